The molecule has 0 atom stereocenters. The average molecular weight is 339 g/mol. The number of benzene rings is 1. The topological polar surface area (TPSA) is 28.6 Å². The number of rotatable bonds is 8. The monoisotopic (exact) mass is 339 g/mol. The van der Waals surface area contributed by atoms with Gasteiger partial charge in [-0.05, 0) is 37.1 Å². The molecule has 0 N–H and O–H groups in total. The van der Waals surface area contributed by atoms with Crippen LogP contribution in [0.15, 0.2) is 48.8 Å². The van der Waals surface area contributed by atoms with Crippen molar-refractivity contribution < 1.29 is 4.74 Å². The number of morpholine rings is 1. The van der Waals surface area contributed by atoms with Crippen LogP contribution in [0.5, 0.6) is 0 Å². The highest BCUT2D eigenvalue weighted by Gasteiger charge is 2.12. The third kappa shape index (κ3) is 6.24. The molecule has 0 unspecified atom stereocenters. The van der Waals surface area contributed by atoms with E-state index in [0.29, 0.717) is 0 Å². The zero-order valence-corrected chi connectivity index (χ0v) is 15.2. The lowest BCUT2D eigenvalue weighted by Crippen LogP contribution is -2.38. The lowest BCUT2D eigenvalue weighted by atomic mass is 10.1. The van der Waals surface area contributed by atoms with E-state index in [1.54, 1.807) is 0 Å². The smallest absolute Gasteiger partial charge is 0.0594 e. The van der Waals surface area contributed by atoms with Crippen LogP contribution in [0.1, 0.15) is 23.1 Å². The molecule has 3 rings (SSSR count). The number of aryl methyl sites for hydroxylation is 1. The third-order valence-corrected chi connectivity index (χ3v) is 4.71. The molecule has 2 aromatic rings. The van der Waals surface area contributed by atoms with Gasteiger partial charge in [0.25, 0.3) is 0 Å². The number of ether oxygens (including phenoxy) is 1. The molecule has 4 nitrogen and oxygen atoms in total. The number of hydrogen-bond acceptors (Lipinski definition) is 4. The quantitative estimate of drug-likeness (QED) is 0.739. The summed E-state index contributed by atoms with van der Waals surface area (Å²) < 4.78 is 5.44. The van der Waals surface area contributed by atoms with Crippen LogP contribution in [-0.2, 0) is 17.8 Å². The maximum absolute atomic E-state index is 5.44. The molecule has 0 amide bonds. The molecule has 1 fully saturated rings. The van der Waals surface area contributed by atoms with Crippen LogP contribution < -0.4 is 0 Å². The molecule has 0 saturated carbocycles. The maximum atomic E-state index is 5.44. The van der Waals surface area contributed by atoms with E-state index in [4.69, 9.17) is 4.74 Å². The van der Waals surface area contributed by atoms with Gasteiger partial charge in [0.15, 0.2) is 0 Å². The summed E-state index contributed by atoms with van der Waals surface area (Å²) >= 11 is 0. The Morgan fingerprint density at radius 1 is 1.04 bits per heavy atom. The van der Waals surface area contributed by atoms with E-state index in [9.17, 15) is 0 Å². The zero-order chi connectivity index (χ0) is 17.3. The Bertz CT molecular complexity index is 609. The Labute approximate surface area is 151 Å². The molecule has 0 aliphatic carbocycles. The van der Waals surface area contributed by atoms with Gasteiger partial charge in [0.1, 0.15) is 0 Å². The average Bonchev–Trinajstić information content (AvgIpc) is 2.65. The van der Waals surface area contributed by atoms with Gasteiger partial charge in [0.2, 0.25) is 0 Å². The minimum atomic E-state index is 0.878. The van der Waals surface area contributed by atoms with E-state index in [2.05, 4.69) is 52.0 Å². The molecule has 0 bridgehead atoms. The van der Waals surface area contributed by atoms with Crippen molar-refractivity contribution in [2.45, 2.75) is 26.4 Å². The second-order valence-corrected chi connectivity index (χ2v) is 6.87. The summed E-state index contributed by atoms with van der Waals surface area (Å²) in [6.45, 7) is 10.2. The van der Waals surface area contributed by atoms with Crippen LogP contribution in [0.4, 0.5) is 0 Å². The first-order chi connectivity index (χ1) is 12.3. The molecule has 134 valence electrons. The SMILES string of the molecule is Cc1ccc(CN(CCCN2CCOCC2)Cc2cccnc2)cc1. The molecule has 0 spiro atoms. The van der Waals surface area contributed by atoms with Crippen LogP contribution in [0.25, 0.3) is 0 Å². The van der Waals surface area contributed by atoms with Gasteiger partial charge in [0, 0.05) is 45.1 Å². The van der Waals surface area contributed by atoms with Gasteiger partial charge in [-0.2, -0.15) is 0 Å². The van der Waals surface area contributed by atoms with E-state index < -0.39 is 0 Å². The molecule has 25 heavy (non-hydrogen) atoms. The highest BCUT2D eigenvalue weighted by atomic mass is 16.5. The van der Waals surface area contributed by atoms with Crippen molar-refractivity contribution in [1.82, 2.24) is 14.8 Å². The van der Waals surface area contributed by atoms with Crippen LogP contribution in [0, 0.1) is 6.92 Å². The summed E-state index contributed by atoms with van der Waals surface area (Å²) in [5, 5.41) is 0. The van der Waals surface area contributed by atoms with Gasteiger partial charge in [0.05, 0.1) is 13.2 Å². The summed E-state index contributed by atoms with van der Waals surface area (Å²) in [6.07, 6.45) is 5.00. The lowest BCUT2D eigenvalue weighted by molar-refractivity contribution is 0.0359. The minimum Gasteiger partial charge on any atom is -0.379 e. The first kappa shape index (κ1) is 18.1. The molecule has 0 radical (unpaired) electrons. The van der Waals surface area contributed by atoms with Gasteiger partial charge in [-0.25, -0.2) is 0 Å². The lowest BCUT2D eigenvalue weighted by Gasteiger charge is -2.28. The Balaban J connectivity index is 1.56. The predicted molar refractivity (Wildman–Crippen MR) is 101 cm³/mol. The largest absolute Gasteiger partial charge is 0.379 e. The molecule has 1 aliphatic heterocycles. The number of aromatic nitrogens is 1. The summed E-state index contributed by atoms with van der Waals surface area (Å²) in [5.41, 5.74) is 3.97. The van der Waals surface area contributed by atoms with Crippen molar-refractivity contribution in [2.75, 3.05) is 39.4 Å². The van der Waals surface area contributed by atoms with Crippen LogP contribution in [-0.4, -0.2) is 54.2 Å². The van der Waals surface area contributed by atoms with Crippen LogP contribution >= 0.6 is 0 Å². The van der Waals surface area contributed by atoms with E-state index in [0.717, 1.165) is 52.5 Å². The molecule has 1 aliphatic rings. The standard InChI is InChI=1S/C21H29N3O/c1-19-5-7-20(8-6-19)17-24(18-21-4-2-9-22-16-21)11-3-10-23-12-14-25-15-13-23/h2,4-9,16H,3,10-15,17-18H2,1H3. The highest BCUT2D eigenvalue weighted by molar-refractivity contribution is 5.21. The second-order valence-electron chi connectivity index (χ2n) is 6.87. The molecule has 2 heterocycles. The molecule has 1 aromatic heterocycles. The number of nitrogens with zero attached hydrogens (tertiary/aromatic N) is 3. The summed E-state index contributed by atoms with van der Waals surface area (Å²) in [6, 6.07) is 13.1. The second kappa shape index (κ2) is 9.66. The van der Waals surface area contributed by atoms with E-state index in [1.165, 1.54) is 23.1 Å². The van der Waals surface area contributed by atoms with E-state index >= 15 is 0 Å². The third-order valence-electron chi connectivity index (χ3n) is 4.71. The van der Waals surface area contributed by atoms with Crippen molar-refractivity contribution in [3.63, 3.8) is 0 Å². The predicted octanol–water partition coefficient (Wildman–Crippen LogP) is 3.11. The zero-order valence-electron chi connectivity index (χ0n) is 15.2. The minimum absolute atomic E-state index is 0.878. The van der Waals surface area contributed by atoms with E-state index in [-0.39, 0.29) is 0 Å². The molecule has 1 aromatic carbocycles. The Hall–Kier alpha value is -1.75. The fourth-order valence-electron chi connectivity index (χ4n) is 3.26. The summed E-state index contributed by atoms with van der Waals surface area (Å²) in [5.74, 6) is 0. The van der Waals surface area contributed by atoms with Crippen molar-refractivity contribution in [1.29, 1.82) is 0 Å². The van der Waals surface area contributed by atoms with Gasteiger partial charge < -0.3 is 4.74 Å². The van der Waals surface area contributed by atoms with Crippen molar-refractivity contribution >= 4 is 0 Å². The van der Waals surface area contributed by atoms with E-state index in [1.807, 2.05) is 18.5 Å². The normalized spacial score (nSPS) is 15.6. The summed E-state index contributed by atoms with van der Waals surface area (Å²) in [7, 11) is 0. The van der Waals surface area contributed by atoms with Crippen LogP contribution in [0.3, 0.4) is 0 Å². The van der Waals surface area contributed by atoms with Crippen molar-refractivity contribution in [3.05, 3.63) is 65.5 Å². The fourth-order valence-corrected chi connectivity index (χ4v) is 3.26. The van der Waals surface area contributed by atoms with Gasteiger partial charge in [-0.3, -0.25) is 14.8 Å². The first-order valence-corrected chi connectivity index (χ1v) is 9.26. The van der Waals surface area contributed by atoms with Crippen LogP contribution in [0.2, 0.25) is 0 Å². The Morgan fingerprint density at radius 2 is 1.80 bits per heavy atom. The molecular formula is C21H29N3O. The first-order valence-electron chi connectivity index (χ1n) is 9.26. The van der Waals surface area contributed by atoms with Crippen molar-refractivity contribution in [2.24, 2.45) is 0 Å². The number of pyridine rings is 1. The maximum Gasteiger partial charge on any atom is 0.0594 e. The Morgan fingerprint density at radius 3 is 2.52 bits per heavy atom. The Kier molecular flexibility index (Phi) is 6.98. The molecule has 1 saturated heterocycles. The van der Waals surface area contributed by atoms with Gasteiger partial charge >= 0.3 is 0 Å². The van der Waals surface area contributed by atoms with Gasteiger partial charge in [-0.15, -0.1) is 0 Å². The number of hydrogen-bond donors (Lipinski definition) is 0. The molecular weight excluding hydrogens is 310 g/mol. The van der Waals surface area contributed by atoms with Gasteiger partial charge in [-0.1, -0.05) is 35.9 Å². The molecule has 4 heteroatoms. The van der Waals surface area contributed by atoms with Crippen molar-refractivity contribution in [3.8, 4) is 0 Å². The fraction of sp³-hybridized carbons (Fsp3) is 0.476. The summed E-state index contributed by atoms with van der Waals surface area (Å²) in [4.78, 5) is 9.30. The highest BCUT2D eigenvalue weighted by Crippen LogP contribution is 2.11.